The maximum absolute atomic E-state index is 12.8. The second-order valence-corrected chi connectivity index (χ2v) is 17.4. The Bertz CT molecular complexity index is 1230. The van der Waals surface area contributed by atoms with Gasteiger partial charge in [0.15, 0.2) is 6.10 Å². The number of unbranched alkanes of at least 4 members (excludes halogenated alkanes) is 21. The van der Waals surface area contributed by atoms with Gasteiger partial charge in [-0.1, -0.05) is 214 Å². The van der Waals surface area contributed by atoms with E-state index >= 15 is 0 Å². The molecule has 0 bridgehead atoms. The van der Waals surface area contributed by atoms with Crippen LogP contribution in [-0.4, -0.2) is 37.9 Å². The van der Waals surface area contributed by atoms with Crippen molar-refractivity contribution in [3.8, 4) is 0 Å². The number of hydrogen-bond donors (Lipinski definition) is 0. The average Bonchev–Trinajstić information content (AvgIpc) is 3.30. The van der Waals surface area contributed by atoms with Crippen molar-refractivity contribution in [3.63, 3.8) is 0 Å². The van der Waals surface area contributed by atoms with E-state index in [1.165, 1.54) is 122 Å². The highest BCUT2D eigenvalue weighted by atomic mass is 16.6. The SMILES string of the molecule is CC/C=C\C/C=C\C/C=C\C/C=C\C/C=C\C/C=C\CCC(=O)OCC(COCCCCCCCC/C=C\CCCCCCCC)OC(=O)CCCCCCC/C=C\CCCCCC. The van der Waals surface area contributed by atoms with Crippen LogP contribution in [0.1, 0.15) is 239 Å². The standard InChI is InChI=1S/C59H100O5/c1-4-7-10-13-16-19-22-25-27-29-30-31-32-35-37-40-43-46-49-52-58(60)63-56-57(64-59(61)53-50-47-44-41-38-34-24-21-18-15-12-9-6-3)55-62-54-51-48-45-42-39-36-33-28-26-23-20-17-14-11-8-5-2/h7,10,16,19,21,24-28,30-31,35,37,43,46,57H,4-6,8-9,11-15,17-18,20,22-23,29,32-34,36,38-42,44-45,47-56H2,1-3H3/b10-7-,19-16-,24-21-,27-25-,28-26-,31-30-,37-35-,46-43-. The number of hydrogen-bond acceptors (Lipinski definition) is 5. The Kier molecular flexibility index (Phi) is 51.5. The van der Waals surface area contributed by atoms with Crippen LogP contribution in [0.5, 0.6) is 0 Å². The highest BCUT2D eigenvalue weighted by molar-refractivity contribution is 5.70. The van der Waals surface area contributed by atoms with E-state index in [1.54, 1.807) is 0 Å². The van der Waals surface area contributed by atoms with Crippen LogP contribution in [0, 0.1) is 0 Å². The van der Waals surface area contributed by atoms with Crippen LogP contribution >= 0.6 is 0 Å². The molecule has 0 N–H and O–H groups in total. The summed E-state index contributed by atoms with van der Waals surface area (Å²) in [7, 11) is 0. The summed E-state index contributed by atoms with van der Waals surface area (Å²) in [5.41, 5.74) is 0. The summed E-state index contributed by atoms with van der Waals surface area (Å²) in [5, 5.41) is 0. The van der Waals surface area contributed by atoms with Gasteiger partial charge in [0.05, 0.1) is 6.61 Å². The van der Waals surface area contributed by atoms with Gasteiger partial charge in [-0.25, -0.2) is 0 Å². The molecule has 64 heavy (non-hydrogen) atoms. The summed E-state index contributed by atoms with van der Waals surface area (Å²) < 4.78 is 17.3. The van der Waals surface area contributed by atoms with Gasteiger partial charge in [-0.2, -0.15) is 0 Å². The lowest BCUT2D eigenvalue weighted by molar-refractivity contribution is -0.162. The van der Waals surface area contributed by atoms with Crippen molar-refractivity contribution >= 4 is 11.9 Å². The minimum atomic E-state index is -0.579. The third kappa shape index (κ3) is 51.5. The maximum Gasteiger partial charge on any atom is 0.306 e. The van der Waals surface area contributed by atoms with Crippen LogP contribution in [-0.2, 0) is 23.8 Å². The number of ether oxygens (including phenoxy) is 3. The van der Waals surface area contributed by atoms with Crippen LogP contribution < -0.4 is 0 Å². The zero-order valence-electron chi connectivity index (χ0n) is 42.0. The Hall–Kier alpha value is -3.18. The van der Waals surface area contributed by atoms with Crippen molar-refractivity contribution in [1.29, 1.82) is 0 Å². The van der Waals surface area contributed by atoms with E-state index in [-0.39, 0.29) is 25.2 Å². The zero-order valence-corrected chi connectivity index (χ0v) is 42.0. The lowest BCUT2D eigenvalue weighted by atomic mass is 10.1. The first-order chi connectivity index (χ1) is 31.6. The van der Waals surface area contributed by atoms with Crippen molar-refractivity contribution in [2.45, 2.75) is 245 Å². The largest absolute Gasteiger partial charge is 0.462 e. The molecular weight excluding hydrogens is 789 g/mol. The number of allylic oxidation sites excluding steroid dienone is 16. The van der Waals surface area contributed by atoms with Gasteiger partial charge in [-0.3, -0.25) is 9.59 Å². The zero-order chi connectivity index (χ0) is 46.3. The van der Waals surface area contributed by atoms with Crippen LogP contribution in [0.3, 0.4) is 0 Å². The molecule has 0 amide bonds. The fourth-order valence-corrected chi connectivity index (χ4v) is 7.11. The van der Waals surface area contributed by atoms with Gasteiger partial charge in [0.25, 0.3) is 0 Å². The minimum Gasteiger partial charge on any atom is -0.462 e. The van der Waals surface area contributed by atoms with Crippen molar-refractivity contribution in [1.82, 2.24) is 0 Å². The highest BCUT2D eigenvalue weighted by Crippen LogP contribution is 2.13. The summed E-state index contributed by atoms with van der Waals surface area (Å²) in [6.07, 6.45) is 72.9. The number of carbonyl (C=O) groups excluding carboxylic acids is 2. The van der Waals surface area contributed by atoms with E-state index in [2.05, 4.69) is 112 Å². The highest BCUT2D eigenvalue weighted by Gasteiger charge is 2.17. The Balaban J connectivity index is 4.40. The molecule has 0 aromatic carbocycles. The molecule has 0 aliphatic carbocycles. The Morgan fingerprint density at radius 1 is 0.359 bits per heavy atom. The van der Waals surface area contributed by atoms with Gasteiger partial charge in [-0.05, 0) is 109 Å². The quantitative estimate of drug-likeness (QED) is 0.0346. The molecule has 0 aliphatic rings. The van der Waals surface area contributed by atoms with Gasteiger partial charge in [-0.15, -0.1) is 0 Å². The molecule has 366 valence electrons. The summed E-state index contributed by atoms with van der Waals surface area (Å²) in [4.78, 5) is 25.4. The fraction of sp³-hybridized carbons (Fsp3) is 0.695. The van der Waals surface area contributed by atoms with Crippen LogP contribution in [0.15, 0.2) is 97.2 Å². The third-order valence-corrected chi connectivity index (χ3v) is 11.1. The smallest absolute Gasteiger partial charge is 0.306 e. The molecule has 0 aromatic rings. The summed E-state index contributed by atoms with van der Waals surface area (Å²) in [6, 6.07) is 0. The molecule has 0 aliphatic heterocycles. The molecule has 1 atom stereocenters. The van der Waals surface area contributed by atoms with Gasteiger partial charge >= 0.3 is 11.9 Å². The van der Waals surface area contributed by atoms with Crippen molar-refractivity contribution in [2.24, 2.45) is 0 Å². The molecular formula is C59H100O5. The molecule has 0 fully saturated rings. The summed E-state index contributed by atoms with van der Waals surface area (Å²) in [5.74, 6) is -0.508. The monoisotopic (exact) mass is 889 g/mol. The predicted molar refractivity (Wildman–Crippen MR) is 279 cm³/mol. The molecule has 0 spiro atoms. The normalized spacial score (nSPS) is 13.0. The van der Waals surface area contributed by atoms with Crippen molar-refractivity contribution < 1.29 is 23.8 Å². The van der Waals surface area contributed by atoms with E-state index in [1.807, 2.05) is 6.08 Å². The van der Waals surface area contributed by atoms with E-state index in [9.17, 15) is 9.59 Å². The molecule has 5 nitrogen and oxygen atoms in total. The molecule has 0 heterocycles. The summed E-state index contributed by atoms with van der Waals surface area (Å²) >= 11 is 0. The van der Waals surface area contributed by atoms with Gasteiger partial charge in [0, 0.05) is 19.4 Å². The van der Waals surface area contributed by atoms with Crippen molar-refractivity contribution in [3.05, 3.63) is 97.2 Å². The first-order valence-corrected chi connectivity index (χ1v) is 26.8. The van der Waals surface area contributed by atoms with Gasteiger partial charge in [0.1, 0.15) is 6.61 Å². The molecule has 0 saturated carbocycles. The summed E-state index contributed by atoms with van der Waals surface area (Å²) in [6.45, 7) is 7.60. The number of rotatable bonds is 48. The van der Waals surface area contributed by atoms with E-state index < -0.39 is 6.10 Å². The molecule has 0 saturated heterocycles. The van der Waals surface area contributed by atoms with E-state index in [4.69, 9.17) is 14.2 Å². The van der Waals surface area contributed by atoms with Crippen LogP contribution in [0.4, 0.5) is 0 Å². The maximum atomic E-state index is 12.8. The Morgan fingerprint density at radius 2 is 0.734 bits per heavy atom. The lowest BCUT2D eigenvalue weighted by Gasteiger charge is -2.18. The van der Waals surface area contributed by atoms with Gasteiger partial charge in [0.2, 0.25) is 0 Å². The Morgan fingerprint density at radius 3 is 1.20 bits per heavy atom. The second kappa shape index (κ2) is 54.2. The Labute approximate surface area is 396 Å². The van der Waals surface area contributed by atoms with E-state index in [0.29, 0.717) is 25.9 Å². The molecule has 0 rings (SSSR count). The molecule has 0 radical (unpaired) electrons. The first kappa shape index (κ1) is 60.8. The molecule has 1 unspecified atom stereocenters. The first-order valence-electron chi connectivity index (χ1n) is 26.8. The lowest BCUT2D eigenvalue weighted by Crippen LogP contribution is -2.30. The van der Waals surface area contributed by atoms with Crippen molar-refractivity contribution in [2.75, 3.05) is 19.8 Å². The number of carbonyl (C=O) groups is 2. The number of esters is 2. The van der Waals surface area contributed by atoms with Gasteiger partial charge < -0.3 is 14.2 Å². The topological polar surface area (TPSA) is 61.8 Å². The molecule has 5 heteroatoms. The predicted octanol–water partition coefficient (Wildman–Crippen LogP) is 18.2. The third-order valence-electron chi connectivity index (χ3n) is 11.1. The van der Waals surface area contributed by atoms with E-state index in [0.717, 1.165) is 77.0 Å². The minimum absolute atomic E-state index is 0.0356. The van der Waals surface area contributed by atoms with Crippen LogP contribution in [0.2, 0.25) is 0 Å². The fourth-order valence-electron chi connectivity index (χ4n) is 7.11. The average molecular weight is 889 g/mol. The second-order valence-electron chi connectivity index (χ2n) is 17.4. The molecule has 0 aromatic heterocycles. The van der Waals surface area contributed by atoms with Crippen LogP contribution in [0.25, 0.3) is 0 Å².